The first kappa shape index (κ1) is 16.9. The van der Waals surface area contributed by atoms with E-state index in [1.54, 1.807) is 18.5 Å². The standard InChI is InChI=1S/C17H21ClFN5/c1-23(2)17-8-16(20-11-21-17)22-12-6-7-24(9-12)10-13-14(18)4-3-5-15(13)19/h3-5,8,11-12H,6-7,9-10H2,1-2H3,(H,20,21,22). The molecule has 1 fully saturated rings. The molecule has 0 saturated carbocycles. The Morgan fingerprint density at radius 1 is 1.38 bits per heavy atom. The maximum absolute atomic E-state index is 13.9. The largest absolute Gasteiger partial charge is 0.366 e. The molecule has 0 radical (unpaired) electrons. The molecule has 1 aromatic carbocycles. The third-order valence-corrected chi connectivity index (χ3v) is 4.53. The molecule has 0 bridgehead atoms. The second kappa shape index (κ2) is 7.32. The second-order valence-corrected chi connectivity index (χ2v) is 6.63. The molecule has 1 saturated heterocycles. The second-order valence-electron chi connectivity index (χ2n) is 6.22. The summed E-state index contributed by atoms with van der Waals surface area (Å²) in [5.41, 5.74) is 0.566. The Morgan fingerprint density at radius 3 is 2.96 bits per heavy atom. The lowest BCUT2D eigenvalue weighted by Gasteiger charge is -2.18. The summed E-state index contributed by atoms with van der Waals surface area (Å²) in [5.74, 6) is 1.43. The predicted molar refractivity (Wildman–Crippen MR) is 95.1 cm³/mol. The number of nitrogens with zero attached hydrogens (tertiary/aromatic N) is 4. The molecular formula is C17H21ClFN5. The molecule has 1 aliphatic heterocycles. The van der Waals surface area contributed by atoms with Gasteiger partial charge in [0.05, 0.1) is 0 Å². The molecule has 1 aliphatic rings. The van der Waals surface area contributed by atoms with Crippen molar-refractivity contribution in [1.29, 1.82) is 0 Å². The van der Waals surface area contributed by atoms with Crippen molar-refractivity contribution in [1.82, 2.24) is 14.9 Å². The summed E-state index contributed by atoms with van der Waals surface area (Å²) in [5, 5.41) is 3.92. The van der Waals surface area contributed by atoms with Gasteiger partial charge in [-0.3, -0.25) is 4.90 Å². The van der Waals surface area contributed by atoms with E-state index in [2.05, 4.69) is 20.2 Å². The lowest BCUT2D eigenvalue weighted by molar-refractivity contribution is 0.323. The zero-order chi connectivity index (χ0) is 17.1. The van der Waals surface area contributed by atoms with Crippen LogP contribution in [0.15, 0.2) is 30.6 Å². The monoisotopic (exact) mass is 349 g/mol. The predicted octanol–water partition coefficient (Wildman–Crippen LogP) is 3.02. The van der Waals surface area contributed by atoms with Crippen LogP contribution in [0.5, 0.6) is 0 Å². The van der Waals surface area contributed by atoms with Gasteiger partial charge in [0.25, 0.3) is 0 Å². The minimum absolute atomic E-state index is 0.245. The highest BCUT2D eigenvalue weighted by molar-refractivity contribution is 6.31. The number of hydrogen-bond acceptors (Lipinski definition) is 5. The first-order chi connectivity index (χ1) is 11.5. The van der Waals surface area contributed by atoms with Gasteiger partial charge in [0, 0.05) is 56.4 Å². The van der Waals surface area contributed by atoms with Crippen LogP contribution in [0.1, 0.15) is 12.0 Å². The summed E-state index contributed by atoms with van der Waals surface area (Å²) >= 11 is 6.12. The van der Waals surface area contributed by atoms with Crippen molar-refractivity contribution in [3.05, 3.63) is 47.0 Å². The average Bonchev–Trinajstić information content (AvgIpc) is 2.98. The third kappa shape index (κ3) is 3.94. The average molecular weight is 350 g/mol. The van der Waals surface area contributed by atoms with Gasteiger partial charge >= 0.3 is 0 Å². The van der Waals surface area contributed by atoms with E-state index in [4.69, 9.17) is 11.6 Å². The Hall–Kier alpha value is -1.92. The molecule has 7 heteroatoms. The zero-order valence-corrected chi connectivity index (χ0v) is 14.6. The van der Waals surface area contributed by atoms with Gasteiger partial charge in [-0.1, -0.05) is 17.7 Å². The molecule has 2 aromatic rings. The number of aromatic nitrogens is 2. The van der Waals surface area contributed by atoms with Crippen molar-refractivity contribution in [2.75, 3.05) is 37.4 Å². The van der Waals surface area contributed by atoms with E-state index >= 15 is 0 Å². The lowest BCUT2D eigenvalue weighted by Crippen LogP contribution is -2.27. The summed E-state index contributed by atoms with van der Waals surface area (Å²) in [7, 11) is 3.89. The highest BCUT2D eigenvalue weighted by Gasteiger charge is 2.24. The van der Waals surface area contributed by atoms with Crippen LogP contribution in [0, 0.1) is 5.82 Å². The van der Waals surface area contributed by atoms with Crippen molar-refractivity contribution in [2.45, 2.75) is 19.0 Å². The lowest BCUT2D eigenvalue weighted by atomic mass is 10.2. The van der Waals surface area contributed by atoms with Gasteiger partial charge in [0.1, 0.15) is 23.8 Å². The van der Waals surface area contributed by atoms with Crippen LogP contribution in [0.25, 0.3) is 0 Å². The number of nitrogens with one attached hydrogen (secondary N) is 1. The number of halogens is 2. The van der Waals surface area contributed by atoms with E-state index in [0.29, 0.717) is 17.1 Å². The number of anilines is 2. The van der Waals surface area contributed by atoms with E-state index in [1.165, 1.54) is 6.07 Å². The molecule has 24 heavy (non-hydrogen) atoms. The molecule has 0 amide bonds. The molecule has 0 aliphatic carbocycles. The number of hydrogen-bond donors (Lipinski definition) is 1. The maximum Gasteiger partial charge on any atom is 0.133 e. The Kier molecular flexibility index (Phi) is 5.16. The van der Waals surface area contributed by atoms with Gasteiger partial charge < -0.3 is 10.2 Å². The van der Waals surface area contributed by atoms with Crippen molar-refractivity contribution < 1.29 is 4.39 Å². The van der Waals surface area contributed by atoms with E-state index in [1.807, 2.05) is 25.1 Å². The normalized spacial score (nSPS) is 17.9. The fraction of sp³-hybridized carbons (Fsp3) is 0.412. The zero-order valence-electron chi connectivity index (χ0n) is 13.8. The minimum Gasteiger partial charge on any atom is -0.366 e. The number of benzene rings is 1. The topological polar surface area (TPSA) is 44.3 Å². The highest BCUT2D eigenvalue weighted by atomic mass is 35.5. The third-order valence-electron chi connectivity index (χ3n) is 4.18. The smallest absolute Gasteiger partial charge is 0.133 e. The summed E-state index contributed by atoms with van der Waals surface area (Å²) in [6.45, 7) is 2.25. The van der Waals surface area contributed by atoms with Crippen molar-refractivity contribution in [3.8, 4) is 0 Å². The first-order valence-corrected chi connectivity index (χ1v) is 8.32. The van der Waals surface area contributed by atoms with Crippen molar-refractivity contribution in [3.63, 3.8) is 0 Å². The van der Waals surface area contributed by atoms with Crippen LogP contribution in [0.4, 0.5) is 16.0 Å². The van der Waals surface area contributed by atoms with Crippen LogP contribution in [0.3, 0.4) is 0 Å². The van der Waals surface area contributed by atoms with Crippen LogP contribution >= 0.6 is 11.6 Å². The molecule has 1 N–H and O–H groups in total. The van der Waals surface area contributed by atoms with Gasteiger partial charge in [0.2, 0.25) is 0 Å². The van der Waals surface area contributed by atoms with E-state index < -0.39 is 0 Å². The molecule has 1 unspecified atom stereocenters. The van der Waals surface area contributed by atoms with Gasteiger partial charge in [-0.2, -0.15) is 0 Å². The van der Waals surface area contributed by atoms with Gasteiger partial charge in [-0.25, -0.2) is 14.4 Å². The van der Waals surface area contributed by atoms with Crippen LogP contribution in [-0.2, 0) is 6.54 Å². The summed E-state index contributed by atoms with van der Waals surface area (Å²) in [6.07, 6.45) is 2.54. The van der Waals surface area contributed by atoms with Crippen LogP contribution in [0.2, 0.25) is 5.02 Å². The fourth-order valence-electron chi connectivity index (χ4n) is 2.88. The fourth-order valence-corrected chi connectivity index (χ4v) is 3.10. The van der Waals surface area contributed by atoms with Gasteiger partial charge in [0.15, 0.2) is 0 Å². The molecule has 2 heterocycles. The Balaban J connectivity index is 1.61. The Morgan fingerprint density at radius 2 is 2.21 bits per heavy atom. The SMILES string of the molecule is CN(C)c1cc(NC2CCN(Cc3c(F)cccc3Cl)C2)ncn1. The Labute approximate surface area is 146 Å². The molecular weight excluding hydrogens is 329 g/mol. The van der Waals surface area contributed by atoms with Crippen molar-refractivity contribution in [2.24, 2.45) is 0 Å². The summed E-state index contributed by atoms with van der Waals surface area (Å²) in [4.78, 5) is 12.6. The van der Waals surface area contributed by atoms with Gasteiger partial charge in [-0.05, 0) is 18.6 Å². The molecule has 1 atom stereocenters. The van der Waals surface area contributed by atoms with Gasteiger partial charge in [-0.15, -0.1) is 0 Å². The Bertz CT molecular complexity index is 689. The van der Waals surface area contributed by atoms with Crippen LogP contribution in [-0.4, -0.2) is 48.1 Å². The van der Waals surface area contributed by atoms with E-state index in [9.17, 15) is 4.39 Å². The maximum atomic E-state index is 13.9. The number of rotatable bonds is 5. The summed E-state index contributed by atoms with van der Waals surface area (Å²) in [6, 6.07) is 7.02. The highest BCUT2D eigenvalue weighted by Crippen LogP contribution is 2.24. The minimum atomic E-state index is -0.245. The molecule has 0 spiro atoms. The van der Waals surface area contributed by atoms with E-state index in [-0.39, 0.29) is 11.9 Å². The molecule has 1 aromatic heterocycles. The molecule has 3 rings (SSSR count). The van der Waals surface area contributed by atoms with Crippen molar-refractivity contribution >= 4 is 23.2 Å². The van der Waals surface area contributed by atoms with Crippen LogP contribution < -0.4 is 10.2 Å². The molecule has 128 valence electrons. The van der Waals surface area contributed by atoms with E-state index in [0.717, 1.165) is 31.1 Å². The first-order valence-electron chi connectivity index (χ1n) is 7.94. The number of likely N-dealkylation sites (tertiary alicyclic amines) is 1. The molecule has 5 nitrogen and oxygen atoms in total. The summed E-state index contributed by atoms with van der Waals surface area (Å²) < 4.78 is 13.9. The quantitative estimate of drug-likeness (QED) is 0.899.